The highest BCUT2D eigenvalue weighted by Gasteiger charge is 2.10. The zero-order chi connectivity index (χ0) is 9.84. The van der Waals surface area contributed by atoms with Crippen molar-refractivity contribution in [2.24, 2.45) is 0 Å². The molecule has 13 heavy (non-hydrogen) atoms. The lowest BCUT2D eigenvalue weighted by molar-refractivity contribution is 0.0910. The Morgan fingerprint density at radius 1 is 1.54 bits per heavy atom. The Balaban J connectivity index is 2.66. The summed E-state index contributed by atoms with van der Waals surface area (Å²) in [4.78, 5) is 11.4. The summed E-state index contributed by atoms with van der Waals surface area (Å²) < 4.78 is 5.25. The molecule has 1 amide bonds. The van der Waals surface area contributed by atoms with Crippen LogP contribution in [-0.2, 0) is 0 Å². The maximum atomic E-state index is 11.4. The second-order valence-corrected chi connectivity index (χ2v) is 3.76. The van der Waals surface area contributed by atoms with Gasteiger partial charge in [-0.1, -0.05) is 11.8 Å². The van der Waals surface area contributed by atoms with Crippen LogP contribution >= 0.6 is 11.8 Å². The molecular weight excluding hydrogens is 186 g/mol. The van der Waals surface area contributed by atoms with E-state index in [0.717, 1.165) is 5.09 Å². The predicted molar refractivity (Wildman–Crippen MR) is 53.1 cm³/mol. The number of carbonyl (C=O) groups excluding carboxylic acids is 1. The molecule has 0 aromatic carbocycles. The van der Waals surface area contributed by atoms with Crippen LogP contribution in [0.5, 0.6) is 0 Å². The maximum Gasteiger partial charge on any atom is 0.287 e. The first kappa shape index (κ1) is 10.2. The molecule has 1 aromatic rings. The molecule has 0 aliphatic rings. The Labute approximate surface area is 81.9 Å². The molecule has 0 fully saturated rings. The lowest BCUT2D eigenvalue weighted by Crippen LogP contribution is -2.29. The maximum absolute atomic E-state index is 11.4. The average Bonchev–Trinajstić information content (AvgIpc) is 2.50. The van der Waals surface area contributed by atoms with Gasteiger partial charge in [0.25, 0.3) is 5.91 Å². The average molecular weight is 199 g/mol. The standard InChI is InChI=1S/C9H13NO2S/c1-6(2)10-9(11)7-4-5-8(12-7)13-3/h4-6H,1-3H3,(H,10,11). The van der Waals surface area contributed by atoms with E-state index in [-0.39, 0.29) is 11.9 Å². The Kier molecular flexibility index (Phi) is 3.42. The number of hydrogen-bond donors (Lipinski definition) is 1. The van der Waals surface area contributed by atoms with Gasteiger partial charge in [0.2, 0.25) is 0 Å². The molecule has 4 heteroatoms. The van der Waals surface area contributed by atoms with Gasteiger partial charge in [-0.05, 0) is 32.2 Å². The minimum absolute atomic E-state index is 0.135. The highest BCUT2D eigenvalue weighted by Crippen LogP contribution is 2.17. The highest BCUT2D eigenvalue weighted by molar-refractivity contribution is 7.98. The summed E-state index contributed by atoms with van der Waals surface area (Å²) in [5.41, 5.74) is 0. The molecule has 1 aromatic heterocycles. The van der Waals surface area contributed by atoms with Crippen molar-refractivity contribution >= 4 is 17.7 Å². The number of furan rings is 1. The predicted octanol–water partition coefficient (Wildman–Crippen LogP) is 2.14. The van der Waals surface area contributed by atoms with E-state index in [1.807, 2.05) is 20.1 Å². The van der Waals surface area contributed by atoms with Crippen LogP contribution in [0.1, 0.15) is 24.4 Å². The third kappa shape index (κ3) is 2.81. The quantitative estimate of drug-likeness (QED) is 0.758. The van der Waals surface area contributed by atoms with Crippen molar-refractivity contribution in [2.45, 2.75) is 25.0 Å². The van der Waals surface area contributed by atoms with Crippen LogP contribution in [0.25, 0.3) is 0 Å². The molecule has 0 saturated heterocycles. The molecule has 1 rings (SSSR count). The summed E-state index contributed by atoms with van der Waals surface area (Å²) in [5, 5.41) is 3.51. The van der Waals surface area contributed by atoms with Crippen molar-refractivity contribution in [3.63, 3.8) is 0 Å². The summed E-state index contributed by atoms with van der Waals surface area (Å²) in [6.45, 7) is 3.83. The first-order valence-electron chi connectivity index (χ1n) is 4.08. The number of amides is 1. The van der Waals surface area contributed by atoms with E-state index in [9.17, 15) is 4.79 Å². The van der Waals surface area contributed by atoms with Crippen LogP contribution in [0, 0.1) is 0 Å². The van der Waals surface area contributed by atoms with E-state index in [2.05, 4.69) is 5.32 Å². The Bertz CT molecular complexity index is 294. The molecule has 0 unspecified atom stereocenters. The third-order valence-corrected chi connectivity index (χ3v) is 2.05. The Morgan fingerprint density at radius 3 is 2.69 bits per heavy atom. The van der Waals surface area contributed by atoms with E-state index in [0.29, 0.717) is 5.76 Å². The van der Waals surface area contributed by atoms with Crippen LogP contribution in [-0.4, -0.2) is 18.2 Å². The second kappa shape index (κ2) is 4.37. The number of hydrogen-bond acceptors (Lipinski definition) is 3. The van der Waals surface area contributed by atoms with Gasteiger partial charge in [-0.3, -0.25) is 4.79 Å². The minimum atomic E-state index is -0.157. The van der Waals surface area contributed by atoms with Crippen LogP contribution in [0.3, 0.4) is 0 Å². The molecule has 0 atom stereocenters. The van der Waals surface area contributed by atoms with Crippen LogP contribution in [0.2, 0.25) is 0 Å². The molecule has 0 saturated carbocycles. The lowest BCUT2D eigenvalue weighted by Gasteiger charge is -2.05. The molecular formula is C9H13NO2S. The fourth-order valence-electron chi connectivity index (χ4n) is 0.885. The van der Waals surface area contributed by atoms with Gasteiger partial charge < -0.3 is 9.73 Å². The molecule has 1 heterocycles. The largest absolute Gasteiger partial charge is 0.445 e. The van der Waals surface area contributed by atoms with Crippen molar-refractivity contribution in [1.82, 2.24) is 5.32 Å². The van der Waals surface area contributed by atoms with Crippen molar-refractivity contribution < 1.29 is 9.21 Å². The number of rotatable bonds is 3. The first-order chi connectivity index (χ1) is 6.13. The van der Waals surface area contributed by atoms with E-state index in [1.165, 1.54) is 11.8 Å². The number of nitrogens with one attached hydrogen (secondary N) is 1. The Morgan fingerprint density at radius 2 is 2.23 bits per heavy atom. The van der Waals surface area contributed by atoms with Gasteiger partial charge >= 0.3 is 0 Å². The molecule has 0 aliphatic heterocycles. The third-order valence-electron chi connectivity index (χ3n) is 1.43. The summed E-state index contributed by atoms with van der Waals surface area (Å²) in [5.74, 6) is 0.216. The van der Waals surface area contributed by atoms with E-state index in [1.54, 1.807) is 12.1 Å². The van der Waals surface area contributed by atoms with Crippen molar-refractivity contribution in [3.05, 3.63) is 17.9 Å². The molecule has 0 radical (unpaired) electrons. The van der Waals surface area contributed by atoms with Gasteiger partial charge in [0.05, 0.1) is 0 Å². The van der Waals surface area contributed by atoms with Gasteiger partial charge in [-0.25, -0.2) is 0 Å². The lowest BCUT2D eigenvalue weighted by atomic mass is 10.3. The fraction of sp³-hybridized carbons (Fsp3) is 0.444. The molecule has 1 N–H and O–H groups in total. The molecule has 3 nitrogen and oxygen atoms in total. The zero-order valence-corrected chi connectivity index (χ0v) is 8.77. The van der Waals surface area contributed by atoms with E-state index < -0.39 is 0 Å². The van der Waals surface area contributed by atoms with E-state index in [4.69, 9.17) is 4.42 Å². The van der Waals surface area contributed by atoms with Gasteiger partial charge in [-0.15, -0.1) is 0 Å². The van der Waals surface area contributed by atoms with Crippen LogP contribution in [0.4, 0.5) is 0 Å². The normalized spacial score (nSPS) is 10.5. The molecule has 0 spiro atoms. The summed E-state index contributed by atoms with van der Waals surface area (Å²) in [6, 6.07) is 3.61. The van der Waals surface area contributed by atoms with Gasteiger partial charge in [0.15, 0.2) is 10.9 Å². The second-order valence-electron chi connectivity index (χ2n) is 2.95. The van der Waals surface area contributed by atoms with Gasteiger partial charge in [0, 0.05) is 6.04 Å². The molecule has 0 bridgehead atoms. The monoisotopic (exact) mass is 199 g/mol. The highest BCUT2D eigenvalue weighted by atomic mass is 32.2. The van der Waals surface area contributed by atoms with E-state index >= 15 is 0 Å². The topological polar surface area (TPSA) is 42.2 Å². The fourth-order valence-corrected chi connectivity index (χ4v) is 1.26. The SMILES string of the molecule is CSc1ccc(C(=O)NC(C)C)o1. The van der Waals surface area contributed by atoms with Crippen molar-refractivity contribution in [1.29, 1.82) is 0 Å². The first-order valence-corrected chi connectivity index (χ1v) is 5.30. The van der Waals surface area contributed by atoms with Crippen LogP contribution in [0.15, 0.2) is 21.6 Å². The van der Waals surface area contributed by atoms with Crippen molar-refractivity contribution in [3.8, 4) is 0 Å². The smallest absolute Gasteiger partial charge is 0.287 e. The minimum Gasteiger partial charge on any atom is -0.445 e. The summed E-state index contributed by atoms with van der Waals surface area (Å²) >= 11 is 1.48. The summed E-state index contributed by atoms with van der Waals surface area (Å²) in [6.07, 6.45) is 1.91. The molecule has 0 aliphatic carbocycles. The van der Waals surface area contributed by atoms with Gasteiger partial charge in [-0.2, -0.15) is 0 Å². The van der Waals surface area contributed by atoms with Gasteiger partial charge in [0.1, 0.15) is 0 Å². The van der Waals surface area contributed by atoms with Crippen molar-refractivity contribution in [2.75, 3.05) is 6.26 Å². The number of thioether (sulfide) groups is 1. The zero-order valence-electron chi connectivity index (χ0n) is 7.96. The van der Waals surface area contributed by atoms with Crippen LogP contribution < -0.4 is 5.32 Å². The summed E-state index contributed by atoms with van der Waals surface area (Å²) in [7, 11) is 0. The number of carbonyl (C=O) groups is 1. The molecule has 72 valence electrons. The Hall–Kier alpha value is -0.900.